The first kappa shape index (κ1) is 13.3. The second-order valence-corrected chi connectivity index (χ2v) is 4.48. The number of rotatable bonds is 4. The number of benzene rings is 1. The highest BCUT2D eigenvalue weighted by Crippen LogP contribution is 2.13. The van der Waals surface area contributed by atoms with E-state index < -0.39 is 0 Å². The van der Waals surface area contributed by atoms with Crippen LogP contribution in [0.4, 0.5) is 10.1 Å². The van der Waals surface area contributed by atoms with Crippen LogP contribution < -0.4 is 5.32 Å². The average molecular weight is 261 g/mol. The van der Waals surface area contributed by atoms with E-state index in [1.807, 2.05) is 19.2 Å². The van der Waals surface area contributed by atoms with Gasteiger partial charge in [0.2, 0.25) is 5.91 Å². The Morgan fingerprint density at radius 2 is 2.16 bits per heavy atom. The second kappa shape index (κ2) is 5.65. The summed E-state index contributed by atoms with van der Waals surface area (Å²) in [6.45, 7) is 4.08. The number of amides is 1. The molecule has 0 aliphatic carbocycles. The normalized spacial score (nSPS) is 10.5. The summed E-state index contributed by atoms with van der Waals surface area (Å²) >= 11 is 0. The Kier molecular flexibility index (Phi) is 3.94. The zero-order valence-corrected chi connectivity index (χ0v) is 11.0. The van der Waals surface area contributed by atoms with E-state index >= 15 is 0 Å². The number of carbonyl (C=O) groups is 1. The lowest BCUT2D eigenvalue weighted by atomic mass is 10.2. The minimum absolute atomic E-state index is 0.156. The molecule has 0 bridgehead atoms. The van der Waals surface area contributed by atoms with Crippen LogP contribution in [0.5, 0.6) is 0 Å². The summed E-state index contributed by atoms with van der Waals surface area (Å²) in [5, 5.41) is 6.86. The van der Waals surface area contributed by atoms with Gasteiger partial charge < -0.3 is 5.32 Å². The monoisotopic (exact) mass is 261 g/mol. The lowest BCUT2D eigenvalue weighted by molar-refractivity contribution is -0.116. The fourth-order valence-electron chi connectivity index (χ4n) is 1.70. The van der Waals surface area contributed by atoms with Crippen LogP contribution in [0.3, 0.4) is 0 Å². The van der Waals surface area contributed by atoms with Crippen molar-refractivity contribution < 1.29 is 9.18 Å². The minimum Gasteiger partial charge on any atom is -0.326 e. The lowest BCUT2D eigenvalue weighted by Crippen LogP contribution is -2.15. The van der Waals surface area contributed by atoms with E-state index in [9.17, 15) is 9.18 Å². The highest BCUT2D eigenvalue weighted by Gasteiger charge is 2.05. The van der Waals surface area contributed by atoms with Gasteiger partial charge in [0.05, 0.1) is 5.69 Å². The molecule has 2 rings (SSSR count). The third-order valence-corrected chi connectivity index (χ3v) is 2.80. The molecule has 100 valence electrons. The molecular weight excluding hydrogens is 245 g/mol. The van der Waals surface area contributed by atoms with Gasteiger partial charge in [0, 0.05) is 24.8 Å². The molecule has 0 saturated carbocycles. The van der Waals surface area contributed by atoms with E-state index in [0.29, 0.717) is 24.2 Å². The maximum atomic E-state index is 13.3. The smallest absolute Gasteiger partial charge is 0.226 e. The number of halogens is 1. The highest BCUT2D eigenvalue weighted by atomic mass is 19.1. The largest absolute Gasteiger partial charge is 0.326 e. The molecular formula is C14H16FN3O. The van der Waals surface area contributed by atoms with Crippen molar-refractivity contribution in [1.29, 1.82) is 0 Å². The first-order valence-corrected chi connectivity index (χ1v) is 6.10. The average Bonchev–Trinajstić information content (AvgIpc) is 2.77. The van der Waals surface area contributed by atoms with Gasteiger partial charge in [0.15, 0.2) is 0 Å². The van der Waals surface area contributed by atoms with Crippen molar-refractivity contribution in [3.63, 3.8) is 0 Å². The predicted octanol–water partition coefficient (Wildman–Crippen LogP) is 2.67. The van der Waals surface area contributed by atoms with Crippen molar-refractivity contribution in [2.75, 3.05) is 5.32 Å². The molecule has 0 aliphatic rings. The number of aromatic nitrogens is 2. The zero-order valence-electron chi connectivity index (χ0n) is 11.0. The molecule has 1 amide bonds. The van der Waals surface area contributed by atoms with E-state index in [0.717, 1.165) is 5.69 Å². The maximum absolute atomic E-state index is 13.3. The van der Waals surface area contributed by atoms with E-state index in [1.165, 1.54) is 6.07 Å². The molecule has 4 nitrogen and oxygen atoms in total. The Bertz CT molecular complexity index is 592. The summed E-state index contributed by atoms with van der Waals surface area (Å²) in [7, 11) is 0. The van der Waals surface area contributed by atoms with E-state index in [4.69, 9.17) is 0 Å². The van der Waals surface area contributed by atoms with E-state index in [2.05, 4.69) is 10.4 Å². The fourth-order valence-corrected chi connectivity index (χ4v) is 1.70. The lowest BCUT2D eigenvalue weighted by Gasteiger charge is -2.06. The topological polar surface area (TPSA) is 46.9 Å². The van der Waals surface area contributed by atoms with Gasteiger partial charge in [-0.25, -0.2) is 4.39 Å². The number of hydrogen-bond donors (Lipinski definition) is 1. The third-order valence-electron chi connectivity index (χ3n) is 2.80. The Labute approximate surface area is 111 Å². The first-order valence-electron chi connectivity index (χ1n) is 6.10. The molecule has 0 saturated heterocycles. The SMILES string of the molecule is Cc1ccn(CCC(=O)Nc2ccc(C)c(F)c2)n1. The van der Waals surface area contributed by atoms with Gasteiger partial charge in [-0.15, -0.1) is 0 Å². The van der Waals surface area contributed by atoms with Crippen LogP contribution in [0.25, 0.3) is 0 Å². The van der Waals surface area contributed by atoms with Crippen molar-refractivity contribution in [3.05, 3.63) is 47.5 Å². The molecule has 5 heteroatoms. The number of carbonyl (C=O) groups excluding carboxylic acids is 1. The van der Waals surface area contributed by atoms with Gasteiger partial charge in [-0.1, -0.05) is 6.07 Å². The molecule has 19 heavy (non-hydrogen) atoms. The molecule has 0 fully saturated rings. The molecule has 2 aromatic rings. The summed E-state index contributed by atoms with van der Waals surface area (Å²) in [6.07, 6.45) is 2.13. The Morgan fingerprint density at radius 3 is 2.79 bits per heavy atom. The van der Waals surface area contributed by atoms with Crippen LogP contribution in [0, 0.1) is 19.7 Å². The summed E-state index contributed by atoms with van der Waals surface area (Å²) in [6, 6.07) is 6.54. The number of aryl methyl sites for hydroxylation is 3. The van der Waals surface area contributed by atoms with Gasteiger partial charge in [0.1, 0.15) is 5.82 Å². The van der Waals surface area contributed by atoms with Gasteiger partial charge in [-0.3, -0.25) is 9.48 Å². The summed E-state index contributed by atoms with van der Waals surface area (Å²) in [5.41, 5.74) is 1.95. The van der Waals surface area contributed by atoms with Crippen molar-refractivity contribution in [1.82, 2.24) is 9.78 Å². The van der Waals surface area contributed by atoms with Crippen molar-refractivity contribution >= 4 is 11.6 Å². The fraction of sp³-hybridized carbons (Fsp3) is 0.286. The summed E-state index contributed by atoms with van der Waals surface area (Å²) in [4.78, 5) is 11.7. The predicted molar refractivity (Wildman–Crippen MR) is 71.3 cm³/mol. The first-order chi connectivity index (χ1) is 9.04. The molecule has 0 spiro atoms. The van der Waals surface area contributed by atoms with E-state index in [-0.39, 0.29) is 11.7 Å². The minimum atomic E-state index is -0.319. The Morgan fingerprint density at radius 1 is 1.37 bits per heavy atom. The van der Waals surface area contributed by atoms with Gasteiger partial charge >= 0.3 is 0 Å². The quantitative estimate of drug-likeness (QED) is 0.919. The van der Waals surface area contributed by atoms with Crippen LogP contribution >= 0.6 is 0 Å². The van der Waals surface area contributed by atoms with Crippen LogP contribution in [-0.4, -0.2) is 15.7 Å². The van der Waals surface area contributed by atoms with Crippen LogP contribution in [-0.2, 0) is 11.3 Å². The highest BCUT2D eigenvalue weighted by molar-refractivity contribution is 5.90. The molecule has 0 aliphatic heterocycles. The van der Waals surface area contributed by atoms with Crippen molar-refractivity contribution in [2.45, 2.75) is 26.8 Å². The third kappa shape index (κ3) is 3.64. The second-order valence-electron chi connectivity index (χ2n) is 4.48. The summed E-state index contributed by atoms with van der Waals surface area (Å²) in [5.74, 6) is -0.475. The van der Waals surface area contributed by atoms with Gasteiger partial charge in [0.25, 0.3) is 0 Å². The van der Waals surface area contributed by atoms with Gasteiger partial charge in [-0.05, 0) is 37.6 Å². The molecule has 1 aromatic heterocycles. The van der Waals surface area contributed by atoms with Crippen molar-refractivity contribution in [3.8, 4) is 0 Å². The maximum Gasteiger partial charge on any atom is 0.226 e. The standard InChI is InChI=1S/C14H16FN3O/c1-10-3-4-12(9-13(10)15)16-14(19)6-8-18-7-5-11(2)17-18/h3-5,7,9H,6,8H2,1-2H3,(H,16,19). The van der Waals surface area contributed by atoms with Crippen molar-refractivity contribution in [2.24, 2.45) is 0 Å². The Balaban J connectivity index is 1.88. The van der Waals surface area contributed by atoms with Gasteiger partial charge in [-0.2, -0.15) is 5.10 Å². The molecule has 0 radical (unpaired) electrons. The summed E-state index contributed by atoms with van der Waals surface area (Å²) < 4.78 is 15.0. The Hall–Kier alpha value is -2.17. The molecule has 0 unspecified atom stereocenters. The van der Waals surface area contributed by atoms with Crippen LogP contribution in [0.15, 0.2) is 30.5 Å². The van der Waals surface area contributed by atoms with E-state index in [1.54, 1.807) is 23.7 Å². The molecule has 1 N–H and O–H groups in total. The number of nitrogens with one attached hydrogen (secondary N) is 1. The van der Waals surface area contributed by atoms with Crippen LogP contribution in [0.1, 0.15) is 17.7 Å². The molecule has 1 aromatic carbocycles. The number of hydrogen-bond acceptors (Lipinski definition) is 2. The number of anilines is 1. The number of nitrogens with zero attached hydrogens (tertiary/aromatic N) is 2. The molecule has 0 atom stereocenters. The molecule has 1 heterocycles. The zero-order chi connectivity index (χ0) is 13.8. The van der Waals surface area contributed by atoms with Crippen LogP contribution in [0.2, 0.25) is 0 Å².